The van der Waals surface area contributed by atoms with Crippen LogP contribution in [-0.4, -0.2) is 8.42 Å². The van der Waals surface area contributed by atoms with E-state index >= 15 is 0 Å². The van der Waals surface area contributed by atoms with E-state index in [2.05, 4.69) is 32.0 Å². The maximum Gasteiger partial charge on any atom is 0.235 e. The van der Waals surface area contributed by atoms with E-state index in [1.54, 1.807) is 0 Å². The highest BCUT2D eigenvalue weighted by molar-refractivity contribution is 8.72. The predicted molar refractivity (Wildman–Crippen MR) is 142 cm³/mol. The van der Waals surface area contributed by atoms with Crippen molar-refractivity contribution >= 4 is 19.7 Å². The van der Waals surface area contributed by atoms with Gasteiger partial charge in [-0.3, -0.25) is 0 Å². The highest BCUT2D eigenvalue weighted by atomic mass is 33.1. The predicted octanol–water partition coefficient (Wildman–Crippen LogP) is 9.25. The van der Waals surface area contributed by atoms with E-state index in [1.807, 2.05) is 18.2 Å². The van der Waals surface area contributed by atoms with Gasteiger partial charge < -0.3 is 0 Å². The standard InChI is InChI=1S/C29H40O2S2/c1-3-5-7-9-11-13-21-29(22-14-12-10-8-6-4-2)23-17-15-19-25-27(23)28-24(29)18-16-20-26(28)33(30,31)32-25/h15-20H,3-14,21-22H2,1-2H3. The molecule has 0 radical (unpaired) electrons. The van der Waals surface area contributed by atoms with Crippen LogP contribution in [0.2, 0.25) is 0 Å². The number of hydrogen-bond donors (Lipinski definition) is 0. The summed E-state index contributed by atoms with van der Waals surface area (Å²) in [6.07, 6.45) is 17.7. The van der Waals surface area contributed by atoms with Crippen LogP contribution in [0.15, 0.2) is 46.2 Å². The first-order chi connectivity index (χ1) is 16.0. The first kappa shape index (κ1) is 24.9. The van der Waals surface area contributed by atoms with Crippen LogP contribution in [0, 0.1) is 0 Å². The molecule has 0 aromatic heterocycles. The molecule has 4 heteroatoms. The Hall–Kier alpha value is -1.26. The van der Waals surface area contributed by atoms with Gasteiger partial charge in [0, 0.05) is 32.2 Å². The zero-order chi connectivity index (χ0) is 23.3. The lowest BCUT2D eigenvalue weighted by atomic mass is 9.70. The SMILES string of the molecule is CCCCCCCCC1(CCCCCCCC)c2cccc3c2-c2c1cccc2S(=O)(=O)S3. The largest absolute Gasteiger partial charge is 0.235 e. The molecule has 2 aliphatic rings. The first-order valence-corrected chi connectivity index (χ1v) is 16.1. The van der Waals surface area contributed by atoms with Gasteiger partial charge in [0.05, 0.1) is 4.90 Å². The molecule has 2 aromatic rings. The average molecular weight is 485 g/mol. The van der Waals surface area contributed by atoms with Crippen LogP contribution < -0.4 is 0 Å². The summed E-state index contributed by atoms with van der Waals surface area (Å²) in [4.78, 5) is 1.47. The Morgan fingerprint density at radius 3 is 1.79 bits per heavy atom. The summed E-state index contributed by atoms with van der Waals surface area (Å²) in [5, 5.41) is 0. The molecule has 0 unspecified atom stereocenters. The first-order valence-electron chi connectivity index (χ1n) is 13.3. The van der Waals surface area contributed by atoms with Crippen LogP contribution in [0.5, 0.6) is 0 Å². The molecule has 2 nitrogen and oxygen atoms in total. The minimum Gasteiger partial charge on any atom is -0.212 e. The average Bonchev–Trinajstić information content (AvgIpc) is 3.09. The Labute approximate surface area is 205 Å². The lowest BCUT2D eigenvalue weighted by molar-refractivity contribution is 0.397. The molecule has 0 amide bonds. The minimum atomic E-state index is -3.35. The summed E-state index contributed by atoms with van der Waals surface area (Å²) in [7, 11) is -2.30. The summed E-state index contributed by atoms with van der Waals surface area (Å²) >= 11 is 0. The lowest BCUT2D eigenvalue weighted by Crippen LogP contribution is -2.25. The van der Waals surface area contributed by atoms with Crippen molar-refractivity contribution in [2.24, 2.45) is 0 Å². The van der Waals surface area contributed by atoms with Crippen molar-refractivity contribution in [3.63, 3.8) is 0 Å². The number of unbranched alkanes of at least 4 members (excludes halogenated alkanes) is 10. The fourth-order valence-electron chi connectivity index (χ4n) is 6.04. The normalized spacial score (nSPS) is 16.7. The summed E-state index contributed by atoms with van der Waals surface area (Å²) in [5.41, 5.74) is 4.89. The quantitative estimate of drug-likeness (QED) is 0.198. The molecule has 180 valence electrons. The van der Waals surface area contributed by atoms with Gasteiger partial charge in [0.1, 0.15) is 0 Å². The highest BCUT2D eigenvalue weighted by Crippen LogP contribution is 2.61. The van der Waals surface area contributed by atoms with Crippen LogP contribution in [0.1, 0.15) is 115 Å². The van der Waals surface area contributed by atoms with Crippen molar-refractivity contribution < 1.29 is 8.42 Å². The van der Waals surface area contributed by atoms with Gasteiger partial charge in [-0.2, -0.15) is 0 Å². The second kappa shape index (κ2) is 11.0. The van der Waals surface area contributed by atoms with Crippen molar-refractivity contribution in [3.05, 3.63) is 47.5 Å². The third-order valence-corrected chi connectivity index (χ3v) is 11.1. The Morgan fingerprint density at radius 1 is 0.667 bits per heavy atom. The van der Waals surface area contributed by atoms with E-state index in [0.29, 0.717) is 4.90 Å². The second-order valence-corrected chi connectivity index (χ2v) is 13.8. The summed E-state index contributed by atoms with van der Waals surface area (Å²) in [6, 6.07) is 12.4. The summed E-state index contributed by atoms with van der Waals surface area (Å²) in [6.45, 7) is 4.54. The molecule has 2 aromatic carbocycles. The number of hydrogen-bond acceptors (Lipinski definition) is 3. The molecule has 0 atom stereocenters. The smallest absolute Gasteiger partial charge is 0.212 e. The summed E-state index contributed by atoms with van der Waals surface area (Å²) in [5.74, 6) is 0. The monoisotopic (exact) mass is 484 g/mol. The van der Waals surface area contributed by atoms with Crippen LogP contribution in [-0.2, 0) is 14.3 Å². The topological polar surface area (TPSA) is 34.1 Å². The minimum absolute atomic E-state index is 0.0351. The van der Waals surface area contributed by atoms with E-state index in [4.69, 9.17) is 0 Å². The number of rotatable bonds is 14. The third-order valence-electron chi connectivity index (χ3n) is 7.72. The van der Waals surface area contributed by atoms with Gasteiger partial charge in [-0.15, -0.1) is 0 Å². The van der Waals surface area contributed by atoms with E-state index in [1.165, 1.54) is 93.7 Å². The summed E-state index contributed by atoms with van der Waals surface area (Å²) < 4.78 is 26.2. The Morgan fingerprint density at radius 2 is 1.18 bits per heavy atom. The van der Waals surface area contributed by atoms with E-state index < -0.39 is 8.87 Å². The second-order valence-electron chi connectivity index (χ2n) is 10.0. The molecule has 4 rings (SSSR count). The Kier molecular flexibility index (Phi) is 8.28. The molecule has 0 bridgehead atoms. The van der Waals surface area contributed by atoms with Gasteiger partial charge in [0.25, 0.3) is 0 Å². The Bertz CT molecular complexity index is 1040. The molecule has 0 saturated carbocycles. The van der Waals surface area contributed by atoms with E-state index in [-0.39, 0.29) is 5.41 Å². The zero-order valence-corrected chi connectivity index (χ0v) is 22.1. The van der Waals surface area contributed by atoms with Crippen LogP contribution in [0.4, 0.5) is 0 Å². The molecule has 1 aliphatic heterocycles. The van der Waals surface area contributed by atoms with Gasteiger partial charge in [-0.05, 0) is 36.1 Å². The molecule has 0 saturated heterocycles. The van der Waals surface area contributed by atoms with Gasteiger partial charge in [0.2, 0.25) is 8.87 Å². The highest BCUT2D eigenvalue weighted by Gasteiger charge is 2.47. The Balaban J connectivity index is 1.67. The van der Waals surface area contributed by atoms with Crippen molar-refractivity contribution in [2.75, 3.05) is 0 Å². The van der Waals surface area contributed by atoms with Gasteiger partial charge in [-0.25, -0.2) is 8.42 Å². The van der Waals surface area contributed by atoms with Crippen LogP contribution in [0.25, 0.3) is 11.1 Å². The number of benzene rings is 2. The van der Waals surface area contributed by atoms with Crippen LogP contribution >= 0.6 is 10.8 Å². The molecule has 0 fully saturated rings. The van der Waals surface area contributed by atoms with Crippen molar-refractivity contribution in [3.8, 4) is 11.1 Å². The fraction of sp³-hybridized carbons (Fsp3) is 0.586. The van der Waals surface area contributed by atoms with Gasteiger partial charge in [0.15, 0.2) is 0 Å². The molecule has 0 N–H and O–H groups in total. The van der Waals surface area contributed by atoms with Crippen molar-refractivity contribution in [2.45, 2.75) is 119 Å². The van der Waals surface area contributed by atoms with E-state index in [9.17, 15) is 8.42 Å². The maximum atomic E-state index is 13.1. The molecule has 1 heterocycles. The van der Waals surface area contributed by atoms with E-state index in [0.717, 1.165) is 34.1 Å². The fourth-order valence-corrected chi connectivity index (χ4v) is 9.31. The lowest BCUT2D eigenvalue weighted by Gasteiger charge is -2.33. The third kappa shape index (κ3) is 4.93. The molecule has 1 aliphatic carbocycles. The molecule has 33 heavy (non-hydrogen) atoms. The molecular weight excluding hydrogens is 444 g/mol. The van der Waals surface area contributed by atoms with Crippen molar-refractivity contribution in [1.29, 1.82) is 0 Å². The van der Waals surface area contributed by atoms with Crippen LogP contribution in [0.3, 0.4) is 0 Å². The van der Waals surface area contributed by atoms with Gasteiger partial charge in [-0.1, -0.05) is 115 Å². The van der Waals surface area contributed by atoms with Gasteiger partial charge >= 0.3 is 0 Å². The maximum absolute atomic E-state index is 13.1. The zero-order valence-electron chi connectivity index (χ0n) is 20.5. The van der Waals surface area contributed by atoms with Crippen molar-refractivity contribution in [1.82, 2.24) is 0 Å². The molecule has 0 spiro atoms. The molecular formula is C29H40O2S2.